The number of nitrogens with two attached hydrogens (primary N) is 1. The van der Waals surface area contributed by atoms with Crippen LogP contribution in [0.3, 0.4) is 0 Å². The summed E-state index contributed by atoms with van der Waals surface area (Å²) in [7, 11) is -16.6. The maximum Gasteiger partial charge on any atom is 0.294 e. The van der Waals surface area contributed by atoms with Gasteiger partial charge < -0.3 is 70.9 Å². The first-order valence-electron chi connectivity index (χ1n) is 22.5. The van der Waals surface area contributed by atoms with E-state index in [4.69, 9.17) is 20.8 Å². The predicted octanol–water partition coefficient (Wildman–Crippen LogP) is -0.0265. The number of benzene rings is 4. The van der Waals surface area contributed by atoms with Crippen LogP contribution in [0.1, 0.15) is 36.7 Å². The Kier molecular flexibility index (Phi) is 34.1. The van der Waals surface area contributed by atoms with Gasteiger partial charge >= 0.3 is 0 Å². The summed E-state index contributed by atoms with van der Waals surface area (Å²) in [6, 6.07) is 17.3. The minimum absolute atomic E-state index is 0. The number of primary amides is 1. The molecule has 38 heteroatoms. The Morgan fingerprint density at radius 2 is 1.05 bits per heavy atom. The van der Waals surface area contributed by atoms with Crippen LogP contribution < -0.4 is 41.9 Å². The number of aryl methyl sites for hydroxylation is 1. The van der Waals surface area contributed by atoms with Crippen LogP contribution in [-0.4, -0.2) is 264 Å². The van der Waals surface area contributed by atoms with Gasteiger partial charge in [-0.05, 0) is 103 Å². The molecule has 0 spiro atoms. The van der Waals surface area contributed by atoms with Crippen molar-refractivity contribution >= 4 is 241 Å². The molecule has 4 radical (unpaired) electrons. The first-order valence-corrected chi connectivity index (χ1v) is 28.1. The van der Waals surface area contributed by atoms with E-state index in [1.165, 1.54) is 67.7 Å². The van der Waals surface area contributed by atoms with E-state index in [1.807, 2.05) is 11.8 Å². The van der Waals surface area contributed by atoms with Crippen LogP contribution in [0.15, 0.2) is 105 Å². The summed E-state index contributed by atoms with van der Waals surface area (Å²) < 4.78 is 137. The zero-order valence-electron chi connectivity index (χ0n) is 46.0. The standard InChI is InChI=1S/C28H28N8O11S3.C16H22N6O4S.CH4O.4Na/c1-30-20-6-4-17(23(14-20)49(42,43)44)2-3-18-5-7-21(15-24(18)50(45,46)47)32-27-33-26(31-19-8-10-22(11-9-19)48(39,40)41)34-28(35-27)36(12-13-37)16-25(29)38;1-3-9-22(10-8-14(17)23)16-19-11(2)18-15(21-16)20-12-4-6-13(7-5-12)27(24,25)26;1-2;;;;/h2-11,13-15,30H,12,16H2,1H3,(H2,29,38)(H,39,40,41)(H,42,43,44)(H,45,46,47)(H2,31,32,33,34,35);4-7H,3,8-10H2,1-2H3,(H2,17,23)(H,24,25,26)(H,18,19,20,21);2H,1H3;;;;/p-4/b3-2+;;;;;;. The summed E-state index contributed by atoms with van der Waals surface area (Å²) in [6.45, 7) is 3.71. The smallest absolute Gasteiger partial charge is 0.294 e. The number of aromatic nitrogens is 6. The van der Waals surface area contributed by atoms with Gasteiger partial charge in [0.2, 0.25) is 35.6 Å². The summed E-state index contributed by atoms with van der Waals surface area (Å²) in [5.41, 5.74) is 5.95. The summed E-state index contributed by atoms with van der Waals surface area (Å²) in [4.78, 5) is 48.5. The van der Waals surface area contributed by atoms with E-state index in [-0.39, 0.29) is 176 Å². The van der Waals surface area contributed by atoms with E-state index in [0.29, 0.717) is 42.5 Å². The fourth-order valence-corrected chi connectivity index (χ4v) is 8.92. The normalized spacial score (nSPS) is 11.0. The van der Waals surface area contributed by atoms with Crippen molar-refractivity contribution in [3.8, 4) is 0 Å². The van der Waals surface area contributed by atoms with Crippen LogP contribution in [0.5, 0.6) is 0 Å². The molecule has 6 aromatic rings. The molecule has 2 aromatic heterocycles. The van der Waals surface area contributed by atoms with E-state index >= 15 is 0 Å². The molecule has 428 valence electrons. The largest absolute Gasteiger partial charge is 0.861 e. The average molecular weight is 1260 g/mol. The van der Waals surface area contributed by atoms with Gasteiger partial charge in [-0.15, -0.1) is 0 Å². The third kappa shape index (κ3) is 25.6. The molecular formula is C45H50N14Na4O16S4-4. The van der Waals surface area contributed by atoms with E-state index in [1.54, 1.807) is 6.92 Å². The van der Waals surface area contributed by atoms with Crippen LogP contribution in [0.25, 0.3) is 12.2 Å². The number of amides is 1. The molecule has 0 saturated heterocycles. The van der Waals surface area contributed by atoms with Gasteiger partial charge in [-0.1, -0.05) is 31.2 Å². The Bertz CT molecular complexity index is 3660. The quantitative estimate of drug-likeness (QED) is 0.00985. The molecule has 2 heterocycles. The Morgan fingerprint density at radius 3 is 1.46 bits per heavy atom. The molecule has 0 unspecified atom stereocenters. The molecule has 0 atom stereocenters. The number of nitrogens with zero attached hydrogens (tertiary/aromatic N) is 8. The third-order valence-electron chi connectivity index (χ3n) is 10.0. The van der Waals surface area contributed by atoms with Gasteiger partial charge in [0.15, 0.2) is 0 Å². The number of aliphatic hydroxyl groups is 1. The van der Waals surface area contributed by atoms with Crippen molar-refractivity contribution in [1.82, 2.24) is 29.9 Å². The van der Waals surface area contributed by atoms with Crippen molar-refractivity contribution in [2.75, 3.05) is 71.4 Å². The van der Waals surface area contributed by atoms with Gasteiger partial charge in [0.25, 0.3) is 10.1 Å². The number of hydrogen-bond donors (Lipinski definition) is 8. The Morgan fingerprint density at radius 1 is 0.627 bits per heavy atom. The minimum Gasteiger partial charge on any atom is -0.861 e. The molecule has 30 nitrogen and oxygen atoms in total. The monoisotopic (exact) mass is 1260 g/mol. The fourth-order valence-electron chi connectivity index (χ4n) is 6.58. The molecule has 0 bridgehead atoms. The summed E-state index contributed by atoms with van der Waals surface area (Å²) in [5, 5.41) is 36.9. The molecule has 6 rings (SSSR count). The van der Waals surface area contributed by atoms with Crippen molar-refractivity contribution in [1.29, 1.82) is 5.41 Å². The molecule has 0 aliphatic rings. The van der Waals surface area contributed by atoms with Crippen molar-refractivity contribution in [3.63, 3.8) is 0 Å². The Labute approximate surface area is 567 Å². The summed E-state index contributed by atoms with van der Waals surface area (Å²) in [6.07, 6.45) is 3.70. The van der Waals surface area contributed by atoms with Crippen molar-refractivity contribution < 1.29 is 71.7 Å². The van der Waals surface area contributed by atoms with E-state index < -0.39 is 80.1 Å². The van der Waals surface area contributed by atoms with Gasteiger partial charge in [-0.25, -0.2) is 25.3 Å². The number of carbonyl (C=O) groups is 2. The van der Waals surface area contributed by atoms with E-state index in [9.17, 15) is 62.0 Å². The van der Waals surface area contributed by atoms with Crippen LogP contribution >= 0.6 is 0 Å². The van der Waals surface area contributed by atoms with Crippen LogP contribution in [-0.2, 0) is 50.1 Å². The molecule has 1 amide bonds. The number of aliphatic hydroxyl groups excluding tert-OH is 1. The number of aldehydes is 1. The first-order chi connectivity index (χ1) is 37.1. The topological polar surface area (TPSA) is 485 Å². The summed E-state index contributed by atoms with van der Waals surface area (Å²) in [5.74, 6) is -1.21. The molecule has 0 aliphatic carbocycles. The molecule has 4 aromatic carbocycles. The second kappa shape index (κ2) is 36.0. The van der Waals surface area contributed by atoms with Crippen molar-refractivity contribution in [2.24, 2.45) is 5.73 Å². The van der Waals surface area contributed by atoms with Crippen LogP contribution in [0.2, 0.25) is 0 Å². The number of nitrogens with one attached hydrogen (secondary N) is 5. The van der Waals surface area contributed by atoms with Gasteiger partial charge in [0.1, 0.15) is 42.5 Å². The third-order valence-corrected chi connectivity index (χ3v) is 13.5. The molecule has 0 fully saturated rings. The first kappa shape index (κ1) is 78.6. The predicted molar refractivity (Wildman–Crippen MR) is 306 cm³/mol. The number of anilines is 9. The van der Waals surface area contributed by atoms with Crippen LogP contribution in [0.4, 0.5) is 52.5 Å². The molecule has 0 aliphatic heterocycles. The minimum atomic E-state index is -5.17. The Hall–Kier alpha value is -4.35. The number of rotatable bonds is 24. The summed E-state index contributed by atoms with van der Waals surface area (Å²) >= 11 is 0. The van der Waals surface area contributed by atoms with Gasteiger partial charge in [0, 0.05) is 181 Å². The Balaban J connectivity index is 0.00000174. The maximum atomic E-state index is 12.3. The zero-order valence-corrected chi connectivity index (χ0v) is 57.2. The van der Waals surface area contributed by atoms with Crippen molar-refractivity contribution in [2.45, 2.75) is 46.3 Å². The second-order valence-electron chi connectivity index (χ2n) is 15.8. The molecule has 0 saturated carbocycles. The molecule has 9 N–H and O–H groups in total. The average Bonchev–Trinajstić information content (AvgIpc) is 3.36. The van der Waals surface area contributed by atoms with Gasteiger partial charge in [-0.3, -0.25) is 9.35 Å². The van der Waals surface area contributed by atoms with Gasteiger partial charge in [0.05, 0.1) is 26.1 Å². The van der Waals surface area contributed by atoms with Gasteiger partial charge in [-0.2, -0.15) is 38.3 Å². The second-order valence-corrected chi connectivity index (χ2v) is 21.3. The zero-order chi connectivity index (χ0) is 58.9. The van der Waals surface area contributed by atoms with Crippen molar-refractivity contribution in [3.05, 3.63) is 102 Å². The van der Waals surface area contributed by atoms with E-state index in [2.05, 4.69) is 51.2 Å². The number of carbonyl (C=O) groups excluding carboxylic acids is 2. The number of hydrogen-bond acceptors (Lipinski definition) is 28. The van der Waals surface area contributed by atoms with Crippen LogP contribution in [0, 0.1) is 12.3 Å². The molecular weight excluding hydrogens is 1210 g/mol. The van der Waals surface area contributed by atoms with E-state index in [0.717, 1.165) is 54.8 Å². The molecule has 83 heavy (non-hydrogen) atoms. The fraction of sp³-hybridized carbons (Fsp3) is 0.222. The maximum absolute atomic E-state index is 12.3. The SMILES string of the molecule is CCCN(CCC(N)=O)c1nc(C)nc(Nc2ccc(S(=O)(=O)O)cc2)n1.CNc1ccc(/C=C/c2ccc(Nc3nc(Nc4ccc(S(=O)(=O)[O-])cc4)nc(N(CC=O)CC(=N)[O-])n3)cc2S(=O)(=O)[O-])c(S(=O)(=O)[O-])c1.CO.[Na].[Na].[Na].[Na].